The summed E-state index contributed by atoms with van der Waals surface area (Å²) in [6.07, 6.45) is 1.49. The highest BCUT2D eigenvalue weighted by Gasteiger charge is 2.24. The molecule has 1 aromatic carbocycles. The number of rotatable bonds is 4. The lowest BCUT2D eigenvalue weighted by atomic mass is 10.2. The van der Waals surface area contributed by atoms with E-state index in [1.54, 1.807) is 12.1 Å². The van der Waals surface area contributed by atoms with Crippen molar-refractivity contribution in [3.8, 4) is 17.5 Å². The van der Waals surface area contributed by atoms with Crippen molar-refractivity contribution in [2.45, 2.75) is 6.92 Å². The van der Waals surface area contributed by atoms with E-state index >= 15 is 0 Å². The van der Waals surface area contributed by atoms with Crippen molar-refractivity contribution in [2.24, 2.45) is 0 Å². The number of carbonyl (C=O) groups is 1. The molecule has 0 aliphatic rings. The lowest BCUT2D eigenvalue weighted by Gasteiger charge is -2.15. The first-order valence-corrected chi connectivity index (χ1v) is 7.25. The van der Waals surface area contributed by atoms with Crippen molar-refractivity contribution in [1.29, 1.82) is 5.26 Å². The van der Waals surface area contributed by atoms with Crippen molar-refractivity contribution in [2.75, 3.05) is 19.5 Å². The van der Waals surface area contributed by atoms with Crippen LogP contribution in [-0.2, 0) is 4.74 Å². The number of esters is 1. The Morgan fingerprint density at radius 1 is 1.50 bits per heavy atom. The standard InChI is InChI=1S/C15H14BrN3O3/c1-3-22-11-6-4-5-10(16)13(11)19-8-9(7-17)12(18)14(19)15(20)21-2/h4-6,8H,3,18H2,1-2H3. The fourth-order valence-corrected chi connectivity index (χ4v) is 2.63. The highest BCUT2D eigenvalue weighted by atomic mass is 79.9. The molecule has 2 aromatic rings. The zero-order valence-electron chi connectivity index (χ0n) is 12.1. The molecule has 0 saturated carbocycles. The van der Waals surface area contributed by atoms with E-state index in [0.29, 0.717) is 22.5 Å². The van der Waals surface area contributed by atoms with Crippen LogP contribution in [0.25, 0.3) is 5.69 Å². The SMILES string of the molecule is CCOc1cccc(Br)c1-n1cc(C#N)c(N)c1C(=O)OC. The summed E-state index contributed by atoms with van der Waals surface area (Å²) in [4.78, 5) is 12.0. The molecule has 22 heavy (non-hydrogen) atoms. The number of benzene rings is 1. The topological polar surface area (TPSA) is 90.3 Å². The number of hydrogen-bond acceptors (Lipinski definition) is 5. The van der Waals surface area contributed by atoms with Crippen LogP contribution in [0.1, 0.15) is 23.0 Å². The smallest absolute Gasteiger partial charge is 0.357 e. The Bertz CT molecular complexity index is 762. The van der Waals surface area contributed by atoms with Crippen LogP contribution in [0.15, 0.2) is 28.9 Å². The number of nitrogens with two attached hydrogens (primary N) is 1. The molecule has 0 unspecified atom stereocenters. The minimum atomic E-state index is -0.628. The van der Waals surface area contributed by atoms with Crippen LogP contribution >= 0.6 is 15.9 Å². The third-order valence-electron chi connectivity index (χ3n) is 3.03. The number of halogens is 1. The van der Waals surface area contributed by atoms with E-state index in [2.05, 4.69) is 15.9 Å². The minimum absolute atomic E-state index is 0.0764. The van der Waals surface area contributed by atoms with Crippen molar-refractivity contribution in [3.63, 3.8) is 0 Å². The van der Waals surface area contributed by atoms with Gasteiger partial charge in [-0.05, 0) is 35.0 Å². The third-order valence-corrected chi connectivity index (χ3v) is 3.67. The molecular weight excluding hydrogens is 350 g/mol. The van der Waals surface area contributed by atoms with Crippen molar-refractivity contribution in [3.05, 3.63) is 40.1 Å². The molecular formula is C15H14BrN3O3. The number of para-hydroxylation sites is 1. The van der Waals surface area contributed by atoms with Gasteiger partial charge in [-0.1, -0.05) is 6.07 Å². The lowest BCUT2D eigenvalue weighted by molar-refractivity contribution is 0.0593. The van der Waals surface area contributed by atoms with E-state index in [0.717, 1.165) is 0 Å². The van der Waals surface area contributed by atoms with Gasteiger partial charge in [0, 0.05) is 10.7 Å². The Labute approximate surface area is 136 Å². The largest absolute Gasteiger partial charge is 0.492 e. The maximum atomic E-state index is 12.0. The van der Waals surface area contributed by atoms with Gasteiger partial charge in [0.1, 0.15) is 17.5 Å². The minimum Gasteiger partial charge on any atom is -0.492 e. The van der Waals surface area contributed by atoms with Gasteiger partial charge in [0.05, 0.1) is 25.0 Å². The van der Waals surface area contributed by atoms with Gasteiger partial charge in [0.15, 0.2) is 5.69 Å². The predicted molar refractivity (Wildman–Crippen MR) is 85.1 cm³/mol. The van der Waals surface area contributed by atoms with E-state index in [9.17, 15) is 4.79 Å². The molecule has 0 amide bonds. The average molecular weight is 364 g/mol. The Morgan fingerprint density at radius 2 is 2.23 bits per heavy atom. The number of methoxy groups -OCH3 is 1. The molecule has 0 radical (unpaired) electrons. The fourth-order valence-electron chi connectivity index (χ4n) is 2.09. The predicted octanol–water partition coefficient (Wildman–Crippen LogP) is 2.88. The van der Waals surface area contributed by atoms with E-state index < -0.39 is 5.97 Å². The van der Waals surface area contributed by atoms with Gasteiger partial charge in [0.25, 0.3) is 0 Å². The van der Waals surface area contributed by atoms with E-state index in [4.69, 9.17) is 20.5 Å². The molecule has 1 heterocycles. The van der Waals surface area contributed by atoms with Crippen LogP contribution < -0.4 is 10.5 Å². The maximum Gasteiger partial charge on any atom is 0.357 e. The molecule has 2 N–H and O–H groups in total. The second-order valence-electron chi connectivity index (χ2n) is 4.30. The number of nitrogens with zero attached hydrogens (tertiary/aromatic N) is 2. The second-order valence-corrected chi connectivity index (χ2v) is 5.15. The molecule has 0 aliphatic heterocycles. The molecule has 1 aromatic heterocycles. The van der Waals surface area contributed by atoms with E-state index in [-0.39, 0.29) is 16.9 Å². The zero-order chi connectivity index (χ0) is 16.3. The molecule has 0 atom stereocenters. The van der Waals surface area contributed by atoms with Crippen molar-refractivity contribution >= 4 is 27.6 Å². The summed E-state index contributed by atoms with van der Waals surface area (Å²) in [7, 11) is 1.26. The molecule has 114 valence electrons. The van der Waals surface area contributed by atoms with E-state index in [1.165, 1.54) is 17.9 Å². The van der Waals surface area contributed by atoms with Crippen LogP contribution in [0.3, 0.4) is 0 Å². The summed E-state index contributed by atoms with van der Waals surface area (Å²) < 4.78 is 12.6. The quantitative estimate of drug-likeness (QED) is 0.843. The van der Waals surface area contributed by atoms with Crippen molar-refractivity contribution in [1.82, 2.24) is 4.57 Å². The number of anilines is 1. The first-order valence-electron chi connectivity index (χ1n) is 6.46. The Hall–Kier alpha value is -2.46. The summed E-state index contributed by atoms with van der Waals surface area (Å²) in [5.41, 5.74) is 6.84. The second kappa shape index (κ2) is 6.54. The number of aromatic nitrogens is 1. The van der Waals surface area contributed by atoms with Crippen LogP contribution in [0.5, 0.6) is 5.75 Å². The molecule has 0 fully saturated rings. The first kappa shape index (κ1) is 15.9. The molecule has 6 nitrogen and oxygen atoms in total. The first-order chi connectivity index (χ1) is 10.5. The highest BCUT2D eigenvalue weighted by Crippen LogP contribution is 2.35. The highest BCUT2D eigenvalue weighted by molar-refractivity contribution is 9.10. The number of nitriles is 1. The Balaban J connectivity index is 2.78. The van der Waals surface area contributed by atoms with Gasteiger partial charge in [-0.15, -0.1) is 0 Å². The Kier molecular flexibility index (Phi) is 4.73. The lowest BCUT2D eigenvalue weighted by Crippen LogP contribution is -2.12. The summed E-state index contributed by atoms with van der Waals surface area (Å²) in [5, 5.41) is 9.16. The Morgan fingerprint density at radius 3 is 2.82 bits per heavy atom. The summed E-state index contributed by atoms with van der Waals surface area (Å²) in [6.45, 7) is 2.31. The summed E-state index contributed by atoms with van der Waals surface area (Å²) in [5.74, 6) is -0.0706. The normalized spacial score (nSPS) is 10.1. The molecule has 0 spiro atoms. The molecule has 0 bridgehead atoms. The maximum absolute atomic E-state index is 12.0. The average Bonchev–Trinajstić information content (AvgIpc) is 2.83. The number of carbonyl (C=O) groups excluding carboxylic acids is 1. The zero-order valence-corrected chi connectivity index (χ0v) is 13.7. The van der Waals surface area contributed by atoms with Gasteiger partial charge in [0.2, 0.25) is 0 Å². The number of nitrogen functional groups attached to an aromatic ring is 1. The van der Waals surface area contributed by atoms with Crippen LogP contribution in [0.4, 0.5) is 5.69 Å². The molecule has 2 rings (SSSR count). The van der Waals surface area contributed by atoms with E-state index in [1.807, 2.05) is 19.1 Å². The number of hydrogen-bond donors (Lipinski definition) is 1. The molecule has 7 heteroatoms. The molecule has 0 saturated heterocycles. The van der Waals surface area contributed by atoms with Crippen LogP contribution in [0.2, 0.25) is 0 Å². The summed E-state index contributed by atoms with van der Waals surface area (Å²) in [6, 6.07) is 7.36. The van der Waals surface area contributed by atoms with Gasteiger partial charge in [-0.25, -0.2) is 4.79 Å². The summed E-state index contributed by atoms with van der Waals surface area (Å²) >= 11 is 3.44. The fraction of sp³-hybridized carbons (Fsp3) is 0.200. The molecule has 0 aliphatic carbocycles. The van der Waals surface area contributed by atoms with Gasteiger partial charge < -0.3 is 19.8 Å². The number of ether oxygens (including phenoxy) is 2. The van der Waals surface area contributed by atoms with Crippen LogP contribution in [-0.4, -0.2) is 24.3 Å². The van der Waals surface area contributed by atoms with Crippen LogP contribution in [0, 0.1) is 11.3 Å². The van der Waals surface area contributed by atoms with Crippen molar-refractivity contribution < 1.29 is 14.3 Å². The van der Waals surface area contributed by atoms with Gasteiger partial charge in [-0.2, -0.15) is 5.26 Å². The van der Waals surface area contributed by atoms with Gasteiger partial charge >= 0.3 is 5.97 Å². The van der Waals surface area contributed by atoms with Gasteiger partial charge in [-0.3, -0.25) is 0 Å². The third kappa shape index (κ3) is 2.65. The monoisotopic (exact) mass is 363 g/mol.